The quantitative estimate of drug-likeness (QED) is 0.858. The predicted octanol–water partition coefficient (Wildman–Crippen LogP) is 2.68. The van der Waals surface area contributed by atoms with Gasteiger partial charge in [0.25, 0.3) is 0 Å². The molecule has 1 aromatic rings. The number of hydrogen-bond donors (Lipinski definition) is 1. The minimum Gasteiger partial charge on any atom is -0.378 e. The average molecular weight is 232 g/mol. The van der Waals surface area contributed by atoms with Crippen molar-refractivity contribution in [2.75, 3.05) is 32.1 Å². The van der Waals surface area contributed by atoms with Gasteiger partial charge in [-0.3, -0.25) is 0 Å². The van der Waals surface area contributed by atoms with Gasteiger partial charge in [-0.1, -0.05) is 12.1 Å². The minimum absolute atomic E-state index is 0.881. The topological polar surface area (TPSA) is 15.3 Å². The van der Waals surface area contributed by atoms with Crippen molar-refractivity contribution in [2.24, 2.45) is 5.92 Å². The van der Waals surface area contributed by atoms with Gasteiger partial charge in [0.15, 0.2) is 0 Å². The highest BCUT2D eigenvalue weighted by atomic mass is 15.1. The van der Waals surface area contributed by atoms with Crippen LogP contribution in [-0.4, -0.2) is 27.2 Å². The molecular formula is C15H24N2. The summed E-state index contributed by atoms with van der Waals surface area (Å²) in [4.78, 5) is 2.17. The zero-order valence-corrected chi connectivity index (χ0v) is 11.1. The van der Waals surface area contributed by atoms with Gasteiger partial charge in [0.1, 0.15) is 0 Å². The number of nitrogens with one attached hydrogen (secondary N) is 1. The van der Waals surface area contributed by atoms with E-state index in [1.807, 2.05) is 0 Å². The van der Waals surface area contributed by atoms with Gasteiger partial charge in [-0.25, -0.2) is 0 Å². The molecule has 1 atom stereocenters. The van der Waals surface area contributed by atoms with Crippen molar-refractivity contribution in [3.8, 4) is 0 Å². The second kappa shape index (κ2) is 6.06. The molecule has 0 spiro atoms. The summed E-state index contributed by atoms with van der Waals surface area (Å²) in [7, 11) is 4.20. The van der Waals surface area contributed by atoms with Crippen molar-refractivity contribution in [1.29, 1.82) is 0 Å². The van der Waals surface area contributed by atoms with E-state index >= 15 is 0 Å². The van der Waals surface area contributed by atoms with Crippen molar-refractivity contribution in [2.45, 2.75) is 25.7 Å². The van der Waals surface area contributed by atoms with Crippen molar-refractivity contribution >= 4 is 5.69 Å². The van der Waals surface area contributed by atoms with Crippen LogP contribution in [0.3, 0.4) is 0 Å². The number of anilines is 1. The maximum Gasteiger partial charge on any atom is 0.0363 e. The van der Waals surface area contributed by atoms with Gasteiger partial charge in [-0.05, 0) is 62.4 Å². The Morgan fingerprint density at radius 1 is 1.35 bits per heavy atom. The molecule has 1 unspecified atom stereocenters. The van der Waals surface area contributed by atoms with Crippen LogP contribution in [0.5, 0.6) is 0 Å². The lowest BCUT2D eigenvalue weighted by Crippen LogP contribution is -2.29. The van der Waals surface area contributed by atoms with Crippen molar-refractivity contribution in [3.63, 3.8) is 0 Å². The molecule has 0 saturated carbocycles. The van der Waals surface area contributed by atoms with Gasteiger partial charge in [0.2, 0.25) is 0 Å². The van der Waals surface area contributed by atoms with Gasteiger partial charge in [-0.15, -0.1) is 0 Å². The highest BCUT2D eigenvalue weighted by Gasteiger charge is 2.12. The minimum atomic E-state index is 0.881. The average Bonchev–Trinajstić information content (AvgIpc) is 2.38. The van der Waals surface area contributed by atoms with E-state index in [2.05, 4.69) is 48.6 Å². The van der Waals surface area contributed by atoms with Crippen LogP contribution in [0.1, 0.15) is 24.8 Å². The normalized spacial score (nSPS) is 20.2. The largest absolute Gasteiger partial charge is 0.378 e. The number of aryl methyl sites for hydroxylation is 1. The van der Waals surface area contributed by atoms with Gasteiger partial charge < -0.3 is 10.2 Å². The third-order valence-corrected chi connectivity index (χ3v) is 3.67. The molecule has 0 bridgehead atoms. The fourth-order valence-electron chi connectivity index (χ4n) is 2.53. The predicted molar refractivity (Wildman–Crippen MR) is 74.7 cm³/mol. The Morgan fingerprint density at radius 3 is 2.94 bits per heavy atom. The molecule has 1 aliphatic rings. The van der Waals surface area contributed by atoms with E-state index in [9.17, 15) is 0 Å². The Balaban J connectivity index is 1.87. The Bertz CT molecular complexity index is 341. The first-order chi connectivity index (χ1) is 8.25. The van der Waals surface area contributed by atoms with E-state index in [1.54, 1.807) is 0 Å². The molecule has 0 aliphatic carbocycles. The molecule has 1 N–H and O–H groups in total. The Labute approximate surface area is 105 Å². The SMILES string of the molecule is CN(C)c1cccc(CCC2CCCNC2)c1. The van der Waals surface area contributed by atoms with Crippen LogP contribution in [0.15, 0.2) is 24.3 Å². The Kier molecular flexibility index (Phi) is 4.43. The van der Waals surface area contributed by atoms with Crippen LogP contribution in [0.2, 0.25) is 0 Å². The molecule has 94 valence electrons. The number of hydrogen-bond acceptors (Lipinski definition) is 2. The summed E-state index contributed by atoms with van der Waals surface area (Å²) in [5.41, 5.74) is 2.78. The van der Waals surface area contributed by atoms with E-state index < -0.39 is 0 Å². The number of rotatable bonds is 4. The van der Waals surface area contributed by atoms with Crippen LogP contribution < -0.4 is 10.2 Å². The summed E-state index contributed by atoms with van der Waals surface area (Å²) in [6.45, 7) is 2.43. The zero-order chi connectivity index (χ0) is 12.1. The van der Waals surface area contributed by atoms with Gasteiger partial charge in [0.05, 0.1) is 0 Å². The zero-order valence-electron chi connectivity index (χ0n) is 11.1. The standard InChI is InChI=1S/C15H24N2/c1-17(2)15-7-3-5-13(11-15)8-9-14-6-4-10-16-12-14/h3,5,7,11,14,16H,4,6,8-10,12H2,1-2H3. The molecule has 1 heterocycles. The van der Waals surface area contributed by atoms with Crippen molar-refractivity contribution in [3.05, 3.63) is 29.8 Å². The van der Waals surface area contributed by atoms with E-state index in [-0.39, 0.29) is 0 Å². The molecule has 0 amide bonds. The van der Waals surface area contributed by atoms with Crippen molar-refractivity contribution in [1.82, 2.24) is 5.32 Å². The van der Waals surface area contributed by atoms with Gasteiger partial charge in [-0.2, -0.15) is 0 Å². The Morgan fingerprint density at radius 2 is 2.24 bits per heavy atom. The summed E-state index contributed by atoms with van der Waals surface area (Å²) in [5, 5.41) is 3.49. The maximum atomic E-state index is 3.49. The second-order valence-electron chi connectivity index (χ2n) is 5.32. The summed E-state index contributed by atoms with van der Waals surface area (Å²) in [6, 6.07) is 8.91. The summed E-state index contributed by atoms with van der Waals surface area (Å²) in [6.07, 6.45) is 5.29. The molecule has 1 aromatic carbocycles. The third-order valence-electron chi connectivity index (χ3n) is 3.67. The molecule has 1 saturated heterocycles. The second-order valence-corrected chi connectivity index (χ2v) is 5.32. The molecular weight excluding hydrogens is 208 g/mol. The fraction of sp³-hybridized carbons (Fsp3) is 0.600. The molecule has 2 nitrogen and oxygen atoms in total. The van der Waals surface area contributed by atoms with Crippen molar-refractivity contribution < 1.29 is 0 Å². The maximum absolute atomic E-state index is 3.49. The van der Waals surface area contributed by atoms with E-state index in [0.29, 0.717) is 0 Å². The Hall–Kier alpha value is -1.02. The lowest BCUT2D eigenvalue weighted by Gasteiger charge is -2.22. The molecule has 17 heavy (non-hydrogen) atoms. The molecule has 0 radical (unpaired) electrons. The number of piperidine rings is 1. The van der Waals surface area contributed by atoms with Crippen LogP contribution >= 0.6 is 0 Å². The first-order valence-corrected chi connectivity index (χ1v) is 6.72. The van der Waals surface area contributed by atoms with Gasteiger partial charge in [0, 0.05) is 19.8 Å². The smallest absolute Gasteiger partial charge is 0.0363 e. The van der Waals surface area contributed by atoms with Gasteiger partial charge >= 0.3 is 0 Å². The number of nitrogens with zero attached hydrogens (tertiary/aromatic N) is 1. The van der Waals surface area contributed by atoms with Crippen LogP contribution in [0.4, 0.5) is 5.69 Å². The van der Waals surface area contributed by atoms with Crippen LogP contribution in [-0.2, 0) is 6.42 Å². The first-order valence-electron chi connectivity index (χ1n) is 6.72. The molecule has 2 heteroatoms. The highest BCUT2D eigenvalue weighted by molar-refractivity contribution is 5.47. The summed E-state index contributed by atoms with van der Waals surface area (Å²) in [5.74, 6) is 0.881. The molecule has 0 aromatic heterocycles. The molecule has 2 rings (SSSR count). The van der Waals surface area contributed by atoms with Crippen LogP contribution in [0.25, 0.3) is 0 Å². The lowest BCUT2D eigenvalue weighted by molar-refractivity contribution is 0.358. The first kappa shape index (κ1) is 12.4. The summed E-state index contributed by atoms with van der Waals surface area (Å²) < 4.78 is 0. The fourth-order valence-corrected chi connectivity index (χ4v) is 2.53. The van der Waals surface area contributed by atoms with Crippen LogP contribution in [0, 0.1) is 5.92 Å². The monoisotopic (exact) mass is 232 g/mol. The third kappa shape index (κ3) is 3.74. The summed E-state index contributed by atoms with van der Waals surface area (Å²) >= 11 is 0. The van der Waals surface area contributed by atoms with E-state index in [1.165, 1.54) is 50.0 Å². The lowest BCUT2D eigenvalue weighted by atomic mass is 9.92. The van der Waals surface area contributed by atoms with E-state index in [4.69, 9.17) is 0 Å². The molecule has 1 fully saturated rings. The highest BCUT2D eigenvalue weighted by Crippen LogP contribution is 2.19. The number of benzene rings is 1. The van der Waals surface area contributed by atoms with E-state index in [0.717, 1.165) is 5.92 Å². The molecule has 1 aliphatic heterocycles.